The van der Waals surface area contributed by atoms with Crippen molar-refractivity contribution < 1.29 is 55.4 Å². The summed E-state index contributed by atoms with van der Waals surface area (Å²) >= 11 is 0. The molecule has 2 aliphatic heterocycles. The van der Waals surface area contributed by atoms with Gasteiger partial charge in [-0.25, -0.2) is 9.80 Å². The molecule has 0 radical (unpaired) electrons. The second kappa shape index (κ2) is 11.2. The van der Waals surface area contributed by atoms with Gasteiger partial charge in [-0.05, 0) is 73.7 Å². The fraction of sp³-hybridized carbons (Fsp3) is 0.333. The summed E-state index contributed by atoms with van der Waals surface area (Å²) in [6.07, 6.45) is -8.93. The normalized spacial score (nSPS) is 28.0. The molecule has 0 bridgehead atoms. The smallest absolute Gasteiger partial charge is 0.416 e. The molecule has 0 spiro atoms. The fourth-order valence-corrected chi connectivity index (χ4v) is 8.41. The van der Waals surface area contributed by atoms with Crippen LogP contribution in [0.15, 0.2) is 78.4 Å². The van der Waals surface area contributed by atoms with Crippen molar-refractivity contribution in [2.45, 2.75) is 38.0 Å². The van der Waals surface area contributed by atoms with E-state index in [1.807, 2.05) is 0 Å². The number of carbonyl (C=O) groups is 4. The number of imide groups is 2. The third kappa shape index (κ3) is 4.82. The maximum atomic E-state index is 14.4. The van der Waals surface area contributed by atoms with Gasteiger partial charge >= 0.3 is 12.4 Å². The molecule has 8 nitrogen and oxygen atoms in total. The number of fused-ring (bicyclic) bond motifs is 4. The molecule has 3 aromatic carbocycles. The van der Waals surface area contributed by atoms with E-state index in [-0.39, 0.29) is 30.4 Å². The minimum atomic E-state index is -5.21. The number of halogens is 6. The average Bonchev–Trinajstić information content (AvgIpc) is 3.44. The number of anilines is 2. The number of alkyl halides is 6. The Morgan fingerprint density at radius 3 is 2.02 bits per heavy atom. The zero-order valence-corrected chi connectivity index (χ0v) is 26.4. The third-order valence-corrected chi connectivity index (χ3v) is 10.7. The molecule has 2 saturated heterocycles. The minimum Gasteiger partial charge on any atom is -0.504 e. The van der Waals surface area contributed by atoms with Gasteiger partial charge < -0.3 is 9.84 Å². The lowest BCUT2D eigenvalue weighted by atomic mass is 9.51. The number of rotatable bonds is 4. The van der Waals surface area contributed by atoms with Crippen molar-refractivity contribution in [1.29, 1.82) is 0 Å². The van der Waals surface area contributed by atoms with Gasteiger partial charge in [0.05, 0.1) is 52.8 Å². The first-order valence-corrected chi connectivity index (χ1v) is 15.7. The van der Waals surface area contributed by atoms with Gasteiger partial charge in [-0.2, -0.15) is 26.3 Å². The Morgan fingerprint density at radius 1 is 0.780 bits per heavy atom. The van der Waals surface area contributed by atoms with Crippen LogP contribution in [-0.2, 0) is 31.5 Å². The molecule has 4 aliphatic rings. The highest BCUT2D eigenvalue weighted by atomic mass is 19.4. The van der Waals surface area contributed by atoms with Gasteiger partial charge in [0.2, 0.25) is 23.6 Å². The topological polar surface area (TPSA) is 104 Å². The molecule has 4 amide bonds. The number of benzene rings is 3. The first kappa shape index (κ1) is 33.4. The summed E-state index contributed by atoms with van der Waals surface area (Å²) < 4.78 is 87.8. The molecular formula is C36H28F6N2O6. The molecule has 6 atom stereocenters. The van der Waals surface area contributed by atoms with Gasteiger partial charge in [-0.1, -0.05) is 35.9 Å². The van der Waals surface area contributed by atoms with Crippen LogP contribution in [0.25, 0.3) is 0 Å². The number of hydrogen-bond donors (Lipinski definition) is 1. The number of methoxy groups -OCH3 is 1. The standard InChI is InChI=1S/C36H28F6N2O6/c1-34-25(31(47)44(33(34)49)20-6-4-3-5-7-20)16-24-22(29(34)17-8-11-26(45)27(12-17)50-2)9-10-23-28(24)32(48)43(30(23)46)21-14-18(35(37,38)39)13-19(15-21)36(40,41)42/h3-9,11-15,23-25,28-29,45H,10,16H2,1-2H3. The predicted molar refractivity (Wildman–Crippen MR) is 165 cm³/mol. The molecule has 6 unspecified atom stereocenters. The van der Waals surface area contributed by atoms with Gasteiger partial charge in [0.15, 0.2) is 11.5 Å². The Bertz CT molecular complexity index is 1960. The highest BCUT2D eigenvalue weighted by molar-refractivity contribution is 6.25. The molecule has 0 aromatic heterocycles. The van der Waals surface area contributed by atoms with Crippen molar-refractivity contribution in [1.82, 2.24) is 0 Å². The highest BCUT2D eigenvalue weighted by Crippen LogP contribution is 2.64. The summed E-state index contributed by atoms with van der Waals surface area (Å²) in [5, 5.41) is 10.4. The monoisotopic (exact) mass is 698 g/mol. The first-order valence-electron chi connectivity index (χ1n) is 15.7. The lowest BCUT2D eigenvalue weighted by Crippen LogP contribution is -2.48. The zero-order valence-electron chi connectivity index (χ0n) is 26.4. The molecule has 3 fully saturated rings. The Hall–Kier alpha value is -5.14. The molecule has 260 valence electrons. The second-order valence-electron chi connectivity index (χ2n) is 13.2. The van der Waals surface area contributed by atoms with E-state index in [1.165, 1.54) is 19.2 Å². The molecule has 3 aromatic rings. The summed E-state index contributed by atoms with van der Waals surface area (Å²) in [5.74, 6) is -8.37. The number of amides is 4. The van der Waals surface area contributed by atoms with Crippen LogP contribution in [0.3, 0.4) is 0 Å². The number of phenolic OH excluding ortho intramolecular Hbond substituents is 1. The number of hydrogen-bond acceptors (Lipinski definition) is 6. The van der Waals surface area contributed by atoms with E-state index in [1.54, 1.807) is 49.4 Å². The Kier molecular flexibility index (Phi) is 7.47. The summed E-state index contributed by atoms with van der Waals surface area (Å²) in [6.45, 7) is 1.64. The predicted octanol–water partition coefficient (Wildman–Crippen LogP) is 6.87. The van der Waals surface area contributed by atoms with Crippen LogP contribution in [0.1, 0.15) is 42.4 Å². The van der Waals surface area contributed by atoms with E-state index in [0.29, 0.717) is 33.9 Å². The van der Waals surface area contributed by atoms with E-state index in [4.69, 9.17) is 4.74 Å². The summed E-state index contributed by atoms with van der Waals surface area (Å²) in [6, 6.07) is 13.2. The number of ether oxygens (including phenoxy) is 1. The summed E-state index contributed by atoms with van der Waals surface area (Å²) in [4.78, 5) is 58.2. The number of para-hydroxylation sites is 1. The number of carbonyl (C=O) groups excluding carboxylic acids is 4. The fourth-order valence-electron chi connectivity index (χ4n) is 8.41. The van der Waals surface area contributed by atoms with Crippen LogP contribution in [0.2, 0.25) is 0 Å². The maximum Gasteiger partial charge on any atom is 0.416 e. The molecule has 7 rings (SSSR count). The number of phenols is 1. The van der Waals surface area contributed by atoms with E-state index in [0.717, 1.165) is 4.90 Å². The number of allylic oxidation sites excluding steroid dienone is 2. The molecule has 1 N–H and O–H groups in total. The van der Waals surface area contributed by atoms with Crippen molar-refractivity contribution >= 4 is 35.0 Å². The second-order valence-corrected chi connectivity index (χ2v) is 13.2. The molecular weight excluding hydrogens is 670 g/mol. The first-order chi connectivity index (χ1) is 23.5. The number of nitrogens with zero attached hydrogens (tertiary/aromatic N) is 2. The van der Waals surface area contributed by atoms with E-state index in [9.17, 15) is 50.6 Å². The van der Waals surface area contributed by atoms with Crippen LogP contribution in [0.5, 0.6) is 11.5 Å². The molecule has 2 heterocycles. The number of aromatic hydroxyl groups is 1. The van der Waals surface area contributed by atoms with Crippen LogP contribution < -0.4 is 14.5 Å². The van der Waals surface area contributed by atoms with Crippen molar-refractivity contribution in [2.24, 2.45) is 29.1 Å². The van der Waals surface area contributed by atoms with Crippen molar-refractivity contribution in [3.63, 3.8) is 0 Å². The molecule has 50 heavy (non-hydrogen) atoms. The SMILES string of the molecule is COc1cc(C2C3=CCC4C(=O)N(c5cc(C(F)(F)F)cc(C(F)(F)F)c5)C(=O)C4C3CC3C(=O)N(c4ccccc4)C(=O)C32C)ccc1O. The van der Waals surface area contributed by atoms with Gasteiger partial charge in [-0.3, -0.25) is 19.2 Å². The zero-order chi connectivity index (χ0) is 36.1. The highest BCUT2D eigenvalue weighted by Gasteiger charge is 2.67. The van der Waals surface area contributed by atoms with Gasteiger partial charge in [-0.15, -0.1) is 0 Å². The van der Waals surface area contributed by atoms with Crippen molar-refractivity contribution in [3.8, 4) is 11.5 Å². The minimum absolute atomic E-state index is 0.0686. The van der Waals surface area contributed by atoms with Crippen LogP contribution >= 0.6 is 0 Å². The lowest BCUT2D eigenvalue weighted by molar-refractivity contribution is -0.143. The lowest BCUT2D eigenvalue weighted by Gasteiger charge is -2.49. The average molecular weight is 699 g/mol. The molecule has 2 aliphatic carbocycles. The van der Waals surface area contributed by atoms with E-state index >= 15 is 0 Å². The molecule has 1 saturated carbocycles. The largest absolute Gasteiger partial charge is 0.504 e. The summed E-state index contributed by atoms with van der Waals surface area (Å²) in [7, 11) is 1.33. The van der Waals surface area contributed by atoms with Gasteiger partial charge in [0.1, 0.15) is 0 Å². The maximum absolute atomic E-state index is 14.4. The van der Waals surface area contributed by atoms with E-state index in [2.05, 4.69) is 0 Å². The molecule has 14 heteroatoms. The third-order valence-electron chi connectivity index (χ3n) is 10.7. The van der Waals surface area contributed by atoms with Gasteiger partial charge in [0, 0.05) is 5.92 Å². The van der Waals surface area contributed by atoms with Crippen molar-refractivity contribution in [2.75, 3.05) is 16.9 Å². The van der Waals surface area contributed by atoms with Crippen molar-refractivity contribution in [3.05, 3.63) is 95.1 Å². The van der Waals surface area contributed by atoms with Gasteiger partial charge in [0.25, 0.3) is 0 Å². The Balaban J connectivity index is 1.36. The Labute approximate surface area is 280 Å². The van der Waals surface area contributed by atoms with E-state index < -0.39 is 87.8 Å². The van der Waals surface area contributed by atoms with Crippen LogP contribution in [0, 0.1) is 29.1 Å². The Morgan fingerprint density at radius 2 is 1.42 bits per heavy atom. The van der Waals surface area contributed by atoms with Crippen LogP contribution in [-0.4, -0.2) is 35.8 Å². The summed E-state index contributed by atoms with van der Waals surface area (Å²) in [5.41, 5.74) is -4.35. The quantitative estimate of drug-likeness (QED) is 0.181. The van der Waals surface area contributed by atoms with Crippen LogP contribution in [0.4, 0.5) is 37.7 Å².